The number of sulfonamides is 1. The van der Waals surface area contributed by atoms with Crippen LogP contribution in [0.25, 0.3) is 0 Å². The largest absolute Gasteiger partial charge is 0.444 e. The Morgan fingerprint density at radius 1 is 1.17 bits per heavy atom. The maximum absolute atomic E-state index is 13.3. The Bertz CT molecular complexity index is 1750. The van der Waals surface area contributed by atoms with Gasteiger partial charge in [0.05, 0.1) is 11.8 Å². The number of pyridine rings is 1. The van der Waals surface area contributed by atoms with Crippen LogP contribution in [0.2, 0.25) is 0 Å². The van der Waals surface area contributed by atoms with Crippen molar-refractivity contribution in [2.45, 2.75) is 58.1 Å². The first-order chi connectivity index (χ1) is 21.5. The number of hydrogen-bond acceptors (Lipinski definition) is 11. The van der Waals surface area contributed by atoms with Gasteiger partial charge in [0, 0.05) is 27.3 Å². The number of thiazole rings is 1. The van der Waals surface area contributed by atoms with Crippen molar-refractivity contribution < 1.29 is 32.4 Å². The summed E-state index contributed by atoms with van der Waals surface area (Å²) in [5, 5.41) is 10.1. The number of hydrogen-bond donors (Lipinski definition) is 4. The molecule has 1 atom stereocenters. The molecule has 0 aliphatic carbocycles. The van der Waals surface area contributed by atoms with Gasteiger partial charge in [-0.05, 0) is 79.2 Å². The third kappa shape index (κ3) is 11.4. The normalized spacial score (nSPS) is 12.6. The first-order valence-electron chi connectivity index (χ1n) is 13.7. The van der Waals surface area contributed by atoms with Crippen LogP contribution in [0.4, 0.5) is 10.5 Å². The van der Waals surface area contributed by atoms with Crippen molar-refractivity contribution in [1.29, 1.82) is 0 Å². The number of oxime groups is 1. The summed E-state index contributed by atoms with van der Waals surface area (Å²) < 4.78 is 35.0. The average molecular weight is 788 g/mol. The molecule has 2 heterocycles. The van der Waals surface area contributed by atoms with Crippen molar-refractivity contribution in [3.63, 3.8) is 0 Å². The Hall–Kier alpha value is -4.04. The number of nitrogens with one attached hydrogen (secondary N) is 3. The number of rotatable bonds is 13. The number of guanidine groups is 1. The number of halogens is 1. The maximum Gasteiger partial charge on any atom is 0.414 e. The third-order valence-electron chi connectivity index (χ3n) is 5.85. The van der Waals surface area contributed by atoms with Gasteiger partial charge >= 0.3 is 6.09 Å². The molecule has 46 heavy (non-hydrogen) atoms. The molecular formula is C28H34IN7O8S2. The molecule has 2 amide bonds. The minimum absolute atomic E-state index is 0.0701. The quantitative estimate of drug-likeness (QED) is 0.0497. The molecule has 0 fully saturated rings. The van der Waals surface area contributed by atoms with Crippen LogP contribution in [0.1, 0.15) is 48.3 Å². The molecule has 0 aliphatic heterocycles. The fourth-order valence-electron chi connectivity index (χ4n) is 3.83. The molecule has 5 N–H and O–H groups in total. The average Bonchev–Trinajstić information content (AvgIpc) is 3.49. The number of ketones is 1. The molecule has 0 saturated carbocycles. The van der Waals surface area contributed by atoms with Crippen LogP contribution in [0, 0.1) is 10.5 Å². The van der Waals surface area contributed by atoms with Gasteiger partial charge in [-0.15, -0.1) is 11.3 Å². The zero-order valence-electron chi connectivity index (χ0n) is 25.4. The zero-order valence-corrected chi connectivity index (χ0v) is 29.2. The SMILES string of the molecule is Cc1ccc(NS(=O)(=O)Cc2ccccc2I)c(=O)n1CC(=O)NC(CCO/N=C(/N)NC(=O)OC(C)(C)C)C(=O)c1nccs1. The lowest BCUT2D eigenvalue weighted by Crippen LogP contribution is -2.44. The van der Waals surface area contributed by atoms with E-state index in [4.69, 9.17) is 15.3 Å². The van der Waals surface area contributed by atoms with Crippen molar-refractivity contribution in [3.05, 3.63) is 78.2 Å². The summed E-state index contributed by atoms with van der Waals surface area (Å²) in [6.45, 7) is 5.90. The molecule has 0 bridgehead atoms. The summed E-state index contributed by atoms with van der Waals surface area (Å²) in [6.07, 6.45) is 0.531. The lowest BCUT2D eigenvalue weighted by Gasteiger charge is -2.19. The van der Waals surface area contributed by atoms with E-state index in [9.17, 15) is 27.6 Å². The van der Waals surface area contributed by atoms with Crippen LogP contribution < -0.4 is 26.6 Å². The minimum atomic E-state index is -3.96. The van der Waals surface area contributed by atoms with E-state index in [1.165, 1.54) is 18.3 Å². The molecule has 2 aromatic heterocycles. The summed E-state index contributed by atoms with van der Waals surface area (Å²) in [4.78, 5) is 60.4. The Morgan fingerprint density at radius 2 is 1.89 bits per heavy atom. The molecule has 18 heteroatoms. The van der Waals surface area contributed by atoms with Gasteiger partial charge in [0.1, 0.15) is 24.4 Å². The summed E-state index contributed by atoms with van der Waals surface area (Å²) >= 11 is 3.11. The van der Waals surface area contributed by atoms with E-state index in [0.29, 0.717) is 11.3 Å². The van der Waals surface area contributed by atoms with Gasteiger partial charge in [-0.1, -0.05) is 18.2 Å². The standard InChI is InChI=1S/C28H34IN7O8S2/c1-17-9-10-21(35-46(41,42)16-18-7-5-6-8-19(18)29)25(39)36(17)15-22(37)32-20(23(38)24-31-12-14-45-24)11-13-43-34-26(30)33-27(40)44-28(2,3)4/h5-10,12,14,20,35H,11,13,15-16H2,1-4H3,(H,32,37)(H3,30,33,34,40). The molecule has 3 rings (SSSR count). The number of nitrogens with zero attached hydrogens (tertiary/aromatic N) is 3. The number of Topliss-reactive ketones (excluding diaryl/α,β-unsaturated/α-hetero) is 1. The van der Waals surface area contributed by atoms with Gasteiger partial charge in [0.25, 0.3) is 5.56 Å². The number of alkyl carbamates (subject to hydrolysis) is 1. The Balaban J connectivity index is 1.69. The molecule has 0 saturated heterocycles. The second-order valence-corrected chi connectivity index (χ2v) is 14.6. The van der Waals surface area contributed by atoms with Crippen LogP contribution in [0.5, 0.6) is 0 Å². The van der Waals surface area contributed by atoms with E-state index >= 15 is 0 Å². The number of aromatic nitrogens is 2. The molecule has 1 unspecified atom stereocenters. The van der Waals surface area contributed by atoms with E-state index in [1.807, 2.05) is 22.6 Å². The summed E-state index contributed by atoms with van der Waals surface area (Å²) in [6, 6.07) is 8.65. The Kier molecular flexibility index (Phi) is 12.7. The number of ether oxygens (including phenoxy) is 1. The van der Waals surface area contributed by atoms with Gasteiger partial charge in [-0.25, -0.2) is 18.2 Å². The fraction of sp³-hybridized carbons (Fsp3) is 0.357. The number of anilines is 1. The van der Waals surface area contributed by atoms with Crippen molar-refractivity contribution in [2.75, 3.05) is 11.3 Å². The fourth-order valence-corrected chi connectivity index (χ4v) is 6.52. The summed E-state index contributed by atoms with van der Waals surface area (Å²) in [5.41, 5.74) is 4.85. The molecule has 3 aromatic rings. The second-order valence-electron chi connectivity index (χ2n) is 10.8. The van der Waals surface area contributed by atoms with Gasteiger partial charge in [-0.2, -0.15) is 0 Å². The predicted molar refractivity (Wildman–Crippen MR) is 181 cm³/mol. The molecule has 15 nitrogen and oxygen atoms in total. The summed E-state index contributed by atoms with van der Waals surface area (Å²) in [5.74, 6) is -1.94. The highest BCUT2D eigenvalue weighted by atomic mass is 127. The third-order valence-corrected chi connectivity index (χ3v) is 8.91. The van der Waals surface area contributed by atoms with Crippen molar-refractivity contribution in [2.24, 2.45) is 10.9 Å². The Morgan fingerprint density at radius 3 is 2.54 bits per heavy atom. The maximum atomic E-state index is 13.3. The van der Waals surface area contributed by atoms with Crippen LogP contribution >= 0.6 is 33.9 Å². The van der Waals surface area contributed by atoms with Gasteiger partial charge in [-0.3, -0.25) is 24.4 Å². The first-order valence-corrected chi connectivity index (χ1v) is 17.3. The van der Waals surface area contributed by atoms with Gasteiger partial charge in [0.2, 0.25) is 27.7 Å². The number of amides is 2. The molecule has 0 radical (unpaired) electrons. The monoisotopic (exact) mass is 787 g/mol. The van der Waals surface area contributed by atoms with E-state index in [0.717, 1.165) is 19.5 Å². The van der Waals surface area contributed by atoms with Crippen molar-refractivity contribution in [3.8, 4) is 0 Å². The number of nitrogens with two attached hydrogens (primary N) is 1. The molecule has 0 spiro atoms. The van der Waals surface area contributed by atoms with E-state index in [-0.39, 0.29) is 35.4 Å². The Labute approximate surface area is 283 Å². The van der Waals surface area contributed by atoms with Crippen LogP contribution in [0.3, 0.4) is 0 Å². The zero-order chi connectivity index (χ0) is 34.1. The van der Waals surface area contributed by atoms with Gasteiger partial charge in [0.15, 0.2) is 5.01 Å². The van der Waals surface area contributed by atoms with Crippen molar-refractivity contribution >= 4 is 73.4 Å². The van der Waals surface area contributed by atoms with Crippen LogP contribution in [0.15, 0.2) is 57.9 Å². The van der Waals surface area contributed by atoms with E-state index < -0.39 is 51.6 Å². The van der Waals surface area contributed by atoms with Crippen molar-refractivity contribution in [1.82, 2.24) is 20.2 Å². The van der Waals surface area contributed by atoms with Crippen LogP contribution in [-0.4, -0.2) is 60.0 Å². The highest BCUT2D eigenvalue weighted by Crippen LogP contribution is 2.16. The number of carbonyl (C=O) groups excluding carboxylic acids is 3. The number of carbonyl (C=O) groups is 3. The number of aryl methyl sites for hydroxylation is 1. The molecule has 1 aromatic carbocycles. The molecular weight excluding hydrogens is 753 g/mol. The highest BCUT2D eigenvalue weighted by Gasteiger charge is 2.25. The highest BCUT2D eigenvalue weighted by molar-refractivity contribution is 14.1. The lowest BCUT2D eigenvalue weighted by molar-refractivity contribution is -0.122. The van der Waals surface area contributed by atoms with Gasteiger partial charge < -0.3 is 25.2 Å². The topological polar surface area (TPSA) is 213 Å². The minimum Gasteiger partial charge on any atom is -0.444 e. The smallest absolute Gasteiger partial charge is 0.414 e. The predicted octanol–water partition coefficient (Wildman–Crippen LogP) is 2.69. The molecule has 248 valence electrons. The van der Waals surface area contributed by atoms with E-state index in [1.54, 1.807) is 57.3 Å². The summed E-state index contributed by atoms with van der Waals surface area (Å²) in [7, 11) is -3.96. The van der Waals surface area contributed by atoms with Crippen LogP contribution in [-0.2, 0) is 36.7 Å². The lowest BCUT2D eigenvalue weighted by atomic mass is 10.1. The second kappa shape index (κ2) is 16.0. The molecule has 0 aliphatic rings. The number of benzene rings is 1. The first kappa shape index (κ1) is 36.4. The van der Waals surface area contributed by atoms with E-state index in [2.05, 4.69) is 25.5 Å².